The van der Waals surface area contributed by atoms with Crippen molar-refractivity contribution in [1.82, 2.24) is 4.90 Å². The van der Waals surface area contributed by atoms with Gasteiger partial charge in [0.15, 0.2) is 0 Å². The number of aliphatic hydroxyl groups is 1. The van der Waals surface area contributed by atoms with Gasteiger partial charge in [-0.1, -0.05) is 11.6 Å². The Balaban J connectivity index is 2.04. The molecule has 1 atom stereocenters. The van der Waals surface area contributed by atoms with E-state index in [2.05, 4.69) is 5.32 Å². The van der Waals surface area contributed by atoms with E-state index in [1.807, 2.05) is 0 Å². The predicted octanol–water partition coefficient (Wildman–Crippen LogP) is 2.73. The molecule has 1 aromatic rings. The molecule has 1 fully saturated rings. The van der Waals surface area contributed by atoms with Gasteiger partial charge in [-0.25, -0.2) is 4.79 Å². The minimum Gasteiger partial charge on any atom is -0.495 e. The molecular formula is C14H19ClN2O3. The highest BCUT2D eigenvalue weighted by Gasteiger charge is 2.30. The summed E-state index contributed by atoms with van der Waals surface area (Å²) in [6.07, 6.45) is 1.51. The molecule has 6 heteroatoms. The van der Waals surface area contributed by atoms with Crippen molar-refractivity contribution >= 4 is 23.3 Å². The van der Waals surface area contributed by atoms with Crippen molar-refractivity contribution in [2.75, 3.05) is 25.5 Å². The Hall–Kier alpha value is -1.46. The van der Waals surface area contributed by atoms with Crippen LogP contribution in [0.25, 0.3) is 0 Å². The van der Waals surface area contributed by atoms with Crippen LogP contribution in [-0.4, -0.2) is 41.8 Å². The average Bonchev–Trinajstić information content (AvgIpc) is 2.39. The van der Waals surface area contributed by atoms with Gasteiger partial charge in [-0.3, -0.25) is 0 Å². The molecule has 0 aromatic heterocycles. The zero-order chi connectivity index (χ0) is 14.8. The highest BCUT2D eigenvalue weighted by molar-refractivity contribution is 6.32. The molecule has 0 unspecified atom stereocenters. The summed E-state index contributed by atoms with van der Waals surface area (Å²) in [5.41, 5.74) is -0.200. The molecule has 110 valence electrons. The number of nitrogens with zero attached hydrogens (tertiary/aromatic N) is 1. The summed E-state index contributed by atoms with van der Waals surface area (Å²) in [5.74, 6) is 0.509. The van der Waals surface area contributed by atoms with Gasteiger partial charge in [0.1, 0.15) is 5.75 Å². The summed E-state index contributed by atoms with van der Waals surface area (Å²) in [6.45, 7) is 2.73. The van der Waals surface area contributed by atoms with Crippen molar-refractivity contribution < 1.29 is 14.6 Å². The first-order valence-corrected chi connectivity index (χ1v) is 6.91. The largest absolute Gasteiger partial charge is 0.495 e. The Morgan fingerprint density at radius 3 is 2.95 bits per heavy atom. The molecule has 0 spiro atoms. The Morgan fingerprint density at radius 1 is 1.55 bits per heavy atom. The molecule has 20 heavy (non-hydrogen) atoms. The summed E-state index contributed by atoms with van der Waals surface area (Å²) in [5, 5.41) is 13.3. The maximum absolute atomic E-state index is 12.2. The van der Waals surface area contributed by atoms with Gasteiger partial charge < -0.3 is 20.1 Å². The topological polar surface area (TPSA) is 61.8 Å². The summed E-state index contributed by atoms with van der Waals surface area (Å²) in [6, 6.07) is 4.82. The molecule has 2 amide bonds. The molecular weight excluding hydrogens is 280 g/mol. The third-order valence-electron chi connectivity index (χ3n) is 3.36. The van der Waals surface area contributed by atoms with Crippen molar-refractivity contribution in [2.24, 2.45) is 0 Å². The van der Waals surface area contributed by atoms with Crippen molar-refractivity contribution in [2.45, 2.75) is 25.4 Å². The van der Waals surface area contributed by atoms with Gasteiger partial charge in [-0.05, 0) is 31.9 Å². The summed E-state index contributed by atoms with van der Waals surface area (Å²) in [7, 11) is 1.52. The van der Waals surface area contributed by atoms with E-state index in [4.69, 9.17) is 16.3 Å². The molecule has 0 radical (unpaired) electrons. The number of amides is 2. The first-order valence-electron chi connectivity index (χ1n) is 6.53. The number of hydrogen-bond acceptors (Lipinski definition) is 3. The van der Waals surface area contributed by atoms with Crippen LogP contribution in [-0.2, 0) is 0 Å². The van der Waals surface area contributed by atoms with Crippen LogP contribution in [0.15, 0.2) is 18.2 Å². The predicted molar refractivity (Wildman–Crippen MR) is 78.5 cm³/mol. The normalized spacial score (nSPS) is 22.5. The molecule has 1 aliphatic rings. The van der Waals surface area contributed by atoms with E-state index in [0.29, 0.717) is 36.0 Å². The molecule has 1 aliphatic heterocycles. The molecule has 1 saturated heterocycles. The van der Waals surface area contributed by atoms with Gasteiger partial charge >= 0.3 is 6.03 Å². The number of anilines is 1. The number of halogens is 1. The second-order valence-corrected chi connectivity index (χ2v) is 5.71. The summed E-state index contributed by atoms with van der Waals surface area (Å²) >= 11 is 5.94. The van der Waals surface area contributed by atoms with E-state index in [9.17, 15) is 9.90 Å². The maximum Gasteiger partial charge on any atom is 0.321 e. The number of carbonyl (C=O) groups excluding carboxylic acids is 1. The molecule has 5 nitrogen and oxygen atoms in total. The lowest BCUT2D eigenvalue weighted by Crippen LogP contribution is -2.49. The van der Waals surface area contributed by atoms with Gasteiger partial charge in [-0.15, -0.1) is 0 Å². The van der Waals surface area contributed by atoms with E-state index in [1.165, 1.54) is 7.11 Å². The number of benzene rings is 1. The van der Waals surface area contributed by atoms with E-state index < -0.39 is 5.60 Å². The first kappa shape index (κ1) is 14.9. The first-order chi connectivity index (χ1) is 9.41. The van der Waals surface area contributed by atoms with Crippen molar-refractivity contribution in [3.05, 3.63) is 23.2 Å². The number of rotatable bonds is 2. The van der Waals surface area contributed by atoms with Crippen LogP contribution in [0, 0.1) is 0 Å². The number of ether oxygens (including phenoxy) is 1. The van der Waals surface area contributed by atoms with Crippen LogP contribution in [0.5, 0.6) is 5.75 Å². The Labute approximate surface area is 123 Å². The second-order valence-electron chi connectivity index (χ2n) is 5.30. The minimum absolute atomic E-state index is 0.227. The van der Waals surface area contributed by atoms with Gasteiger partial charge in [0, 0.05) is 18.3 Å². The molecule has 1 aromatic carbocycles. The molecule has 1 heterocycles. The number of hydrogen-bond donors (Lipinski definition) is 2. The van der Waals surface area contributed by atoms with Gasteiger partial charge in [0.25, 0.3) is 0 Å². The third-order valence-corrected chi connectivity index (χ3v) is 3.68. The fourth-order valence-electron chi connectivity index (χ4n) is 2.33. The van der Waals surface area contributed by atoms with Crippen LogP contribution >= 0.6 is 11.6 Å². The van der Waals surface area contributed by atoms with Crippen LogP contribution in [0.1, 0.15) is 19.8 Å². The fourth-order valence-corrected chi connectivity index (χ4v) is 2.53. The van der Waals surface area contributed by atoms with Crippen molar-refractivity contribution in [3.8, 4) is 5.75 Å². The van der Waals surface area contributed by atoms with Crippen LogP contribution in [0.3, 0.4) is 0 Å². The number of carbonyl (C=O) groups is 1. The molecule has 2 rings (SSSR count). The third kappa shape index (κ3) is 3.55. The minimum atomic E-state index is -0.812. The molecule has 0 saturated carbocycles. The number of piperidine rings is 1. The smallest absolute Gasteiger partial charge is 0.321 e. The number of nitrogens with one attached hydrogen (secondary N) is 1. The van der Waals surface area contributed by atoms with E-state index in [1.54, 1.807) is 30.0 Å². The van der Waals surface area contributed by atoms with Crippen LogP contribution < -0.4 is 10.1 Å². The Bertz CT molecular complexity index is 505. The summed E-state index contributed by atoms with van der Waals surface area (Å²) in [4.78, 5) is 13.8. The summed E-state index contributed by atoms with van der Waals surface area (Å²) < 4.78 is 5.11. The van der Waals surface area contributed by atoms with Crippen molar-refractivity contribution in [1.29, 1.82) is 0 Å². The standard InChI is InChI=1S/C14H19ClN2O3/c1-14(19)6-3-7-17(9-14)13(18)16-10-4-5-11(15)12(8-10)20-2/h4-5,8,19H,3,6-7,9H2,1-2H3,(H,16,18)/t14-/m0/s1. The lowest BCUT2D eigenvalue weighted by Gasteiger charge is -2.36. The maximum atomic E-state index is 12.2. The fraction of sp³-hybridized carbons (Fsp3) is 0.500. The Morgan fingerprint density at radius 2 is 2.30 bits per heavy atom. The van der Waals surface area contributed by atoms with Crippen molar-refractivity contribution in [3.63, 3.8) is 0 Å². The SMILES string of the molecule is COc1cc(NC(=O)N2CCC[C@](C)(O)C2)ccc1Cl. The average molecular weight is 299 g/mol. The monoisotopic (exact) mass is 298 g/mol. The number of β-amino-alcohol motifs (C(OH)–C–C–N with tert-alkyl or cyclic N) is 1. The quantitative estimate of drug-likeness (QED) is 0.882. The number of likely N-dealkylation sites (tertiary alicyclic amines) is 1. The zero-order valence-electron chi connectivity index (χ0n) is 11.6. The Kier molecular flexibility index (Phi) is 4.40. The molecule has 0 bridgehead atoms. The number of methoxy groups -OCH3 is 1. The van der Waals surface area contributed by atoms with Gasteiger partial charge in [0.05, 0.1) is 24.3 Å². The second kappa shape index (κ2) is 5.89. The zero-order valence-corrected chi connectivity index (χ0v) is 12.4. The van der Waals surface area contributed by atoms with E-state index >= 15 is 0 Å². The molecule has 0 aliphatic carbocycles. The number of urea groups is 1. The van der Waals surface area contributed by atoms with Crippen LogP contribution in [0.4, 0.5) is 10.5 Å². The van der Waals surface area contributed by atoms with E-state index in [0.717, 1.165) is 6.42 Å². The van der Waals surface area contributed by atoms with Gasteiger partial charge in [-0.2, -0.15) is 0 Å². The lowest BCUT2D eigenvalue weighted by atomic mass is 9.95. The van der Waals surface area contributed by atoms with Gasteiger partial charge in [0.2, 0.25) is 0 Å². The highest BCUT2D eigenvalue weighted by Crippen LogP contribution is 2.28. The van der Waals surface area contributed by atoms with Crippen LogP contribution in [0.2, 0.25) is 5.02 Å². The lowest BCUT2D eigenvalue weighted by molar-refractivity contribution is -0.000635. The van der Waals surface area contributed by atoms with E-state index in [-0.39, 0.29) is 6.03 Å². The highest BCUT2D eigenvalue weighted by atomic mass is 35.5. The molecule has 2 N–H and O–H groups in total.